The van der Waals surface area contributed by atoms with E-state index in [2.05, 4.69) is 4.98 Å². The van der Waals surface area contributed by atoms with E-state index in [9.17, 15) is 14.3 Å². The monoisotopic (exact) mass is 273 g/mol. The summed E-state index contributed by atoms with van der Waals surface area (Å²) in [5.41, 5.74) is 2.17. The molecule has 0 amide bonds. The molecule has 20 heavy (non-hydrogen) atoms. The molecule has 0 aliphatic carbocycles. The summed E-state index contributed by atoms with van der Waals surface area (Å²) in [6.45, 7) is 5.53. The summed E-state index contributed by atoms with van der Waals surface area (Å²) in [7, 11) is 0. The van der Waals surface area contributed by atoms with E-state index in [1.165, 1.54) is 12.1 Å². The number of halogens is 1. The zero-order valence-corrected chi connectivity index (χ0v) is 11.6. The molecule has 1 N–H and O–H groups in total. The van der Waals surface area contributed by atoms with Gasteiger partial charge in [0.05, 0.1) is 11.3 Å². The third kappa shape index (κ3) is 2.54. The molecule has 1 aromatic heterocycles. The molecule has 0 saturated heterocycles. The second kappa shape index (κ2) is 5.41. The first-order chi connectivity index (χ1) is 9.41. The molecule has 0 aliphatic rings. The Balaban J connectivity index is 2.70. The van der Waals surface area contributed by atoms with Crippen molar-refractivity contribution in [3.05, 3.63) is 53.1 Å². The summed E-state index contributed by atoms with van der Waals surface area (Å²) in [5, 5.41) is 9.31. The van der Waals surface area contributed by atoms with Crippen LogP contribution in [0.3, 0.4) is 0 Å². The SMILES string of the molecule is Cc1nc(C(C)C)c(C(=O)O)cc1-c1ccccc1F. The molecule has 2 aromatic rings. The highest BCUT2D eigenvalue weighted by Gasteiger charge is 2.19. The fourth-order valence-electron chi connectivity index (χ4n) is 2.19. The first kappa shape index (κ1) is 14.2. The lowest BCUT2D eigenvalue weighted by Crippen LogP contribution is -2.09. The Hall–Kier alpha value is -2.23. The first-order valence-corrected chi connectivity index (χ1v) is 6.41. The van der Waals surface area contributed by atoms with Gasteiger partial charge in [-0.1, -0.05) is 32.0 Å². The zero-order chi connectivity index (χ0) is 14.9. The molecular weight excluding hydrogens is 257 g/mol. The van der Waals surface area contributed by atoms with Crippen molar-refractivity contribution in [2.45, 2.75) is 26.7 Å². The van der Waals surface area contributed by atoms with Crippen molar-refractivity contribution in [2.24, 2.45) is 0 Å². The minimum atomic E-state index is -1.04. The van der Waals surface area contributed by atoms with Gasteiger partial charge < -0.3 is 5.11 Å². The number of carbonyl (C=O) groups is 1. The van der Waals surface area contributed by atoms with Gasteiger partial charge in [-0.2, -0.15) is 0 Å². The second-order valence-electron chi connectivity index (χ2n) is 4.99. The van der Waals surface area contributed by atoms with Gasteiger partial charge in [0.25, 0.3) is 0 Å². The van der Waals surface area contributed by atoms with Crippen LogP contribution < -0.4 is 0 Å². The highest BCUT2D eigenvalue weighted by molar-refractivity contribution is 5.91. The van der Waals surface area contributed by atoms with E-state index in [0.29, 0.717) is 22.5 Å². The van der Waals surface area contributed by atoms with Crippen molar-refractivity contribution < 1.29 is 14.3 Å². The Kier molecular flexibility index (Phi) is 3.84. The van der Waals surface area contributed by atoms with Crippen LogP contribution in [0.25, 0.3) is 11.1 Å². The minimum absolute atomic E-state index is 0.00512. The van der Waals surface area contributed by atoms with Gasteiger partial charge in [-0.3, -0.25) is 4.98 Å². The third-order valence-corrected chi connectivity index (χ3v) is 3.18. The van der Waals surface area contributed by atoms with Crippen LogP contribution in [0.15, 0.2) is 30.3 Å². The molecule has 104 valence electrons. The molecule has 0 unspecified atom stereocenters. The van der Waals surface area contributed by atoms with Gasteiger partial charge in [0, 0.05) is 16.8 Å². The fourth-order valence-corrected chi connectivity index (χ4v) is 2.19. The van der Waals surface area contributed by atoms with Crippen LogP contribution in [0.4, 0.5) is 4.39 Å². The van der Waals surface area contributed by atoms with Gasteiger partial charge in [0.1, 0.15) is 5.82 Å². The van der Waals surface area contributed by atoms with E-state index < -0.39 is 5.97 Å². The first-order valence-electron chi connectivity index (χ1n) is 6.41. The number of aryl methyl sites for hydroxylation is 1. The largest absolute Gasteiger partial charge is 0.478 e. The van der Waals surface area contributed by atoms with E-state index in [-0.39, 0.29) is 17.3 Å². The molecule has 0 radical (unpaired) electrons. The summed E-state index contributed by atoms with van der Waals surface area (Å²) >= 11 is 0. The van der Waals surface area contributed by atoms with E-state index in [1.54, 1.807) is 25.1 Å². The molecule has 0 atom stereocenters. The maximum Gasteiger partial charge on any atom is 0.337 e. The zero-order valence-electron chi connectivity index (χ0n) is 11.6. The number of aromatic nitrogens is 1. The lowest BCUT2D eigenvalue weighted by Gasteiger charge is -2.14. The average molecular weight is 273 g/mol. The van der Waals surface area contributed by atoms with Gasteiger partial charge in [0.2, 0.25) is 0 Å². The molecule has 2 rings (SSSR count). The predicted molar refractivity (Wildman–Crippen MR) is 75.4 cm³/mol. The predicted octanol–water partition coefficient (Wildman–Crippen LogP) is 4.02. The number of benzene rings is 1. The van der Waals surface area contributed by atoms with Crippen molar-refractivity contribution in [3.63, 3.8) is 0 Å². The Morgan fingerprint density at radius 2 is 1.90 bits per heavy atom. The van der Waals surface area contributed by atoms with E-state index in [0.717, 1.165) is 0 Å². The lowest BCUT2D eigenvalue weighted by atomic mass is 9.96. The number of carboxylic acids is 1. The van der Waals surface area contributed by atoms with Crippen LogP contribution in [-0.2, 0) is 0 Å². The van der Waals surface area contributed by atoms with Crippen molar-refractivity contribution in [3.8, 4) is 11.1 Å². The smallest absolute Gasteiger partial charge is 0.337 e. The maximum absolute atomic E-state index is 13.9. The number of nitrogens with zero attached hydrogens (tertiary/aromatic N) is 1. The van der Waals surface area contributed by atoms with Gasteiger partial charge in [-0.15, -0.1) is 0 Å². The summed E-state index contributed by atoms with van der Waals surface area (Å²) in [5.74, 6) is -1.43. The summed E-state index contributed by atoms with van der Waals surface area (Å²) in [4.78, 5) is 15.7. The van der Waals surface area contributed by atoms with E-state index >= 15 is 0 Å². The highest BCUT2D eigenvalue weighted by atomic mass is 19.1. The van der Waals surface area contributed by atoms with Crippen molar-refractivity contribution in [1.82, 2.24) is 4.98 Å². The average Bonchev–Trinajstić information content (AvgIpc) is 2.39. The number of rotatable bonds is 3. The number of hydrogen-bond donors (Lipinski definition) is 1. The quantitative estimate of drug-likeness (QED) is 0.919. The van der Waals surface area contributed by atoms with Gasteiger partial charge in [0.15, 0.2) is 0 Å². The maximum atomic E-state index is 13.9. The van der Waals surface area contributed by atoms with Crippen molar-refractivity contribution >= 4 is 5.97 Å². The molecular formula is C16H16FNO2. The van der Waals surface area contributed by atoms with Crippen LogP contribution in [-0.4, -0.2) is 16.1 Å². The highest BCUT2D eigenvalue weighted by Crippen LogP contribution is 2.29. The molecule has 0 fully saturated rings. The molecule has 1 heterocycles. The molecule has 3 nitrogen and oxygen atoms in total. The third-order valence-electron chi connectivity index (χ3n) is 3.18. The second-order valence-corrected chi connectivity index (χ2v) is 4.99. The Morgan fingerprint density at radius 1 is 1.25 bits per heavy atom. The van der Waals surface area contributed by atoms with Gasteiger partial charge in [-0.05, 0) is 25.0 Å². The minimum Gasteiger partial charge on any atom is -0.478 e. The number of carboxylic acid groups (broad SMARTS) is 1. The van der Waals surface area contributed by atoms with Crippen molar-refractivity contribution in [1.29, 1.82) is 0 Å². The van der Waals surface area contributed by atoms with Crippen molar-refractivity contribution in [2.75, 3.05) is 0 Å². The Labute approximate surface area is 117 Å². The summed E-state index contributed by atoms with van der Waals surface area (Å²) in [6.07, 6.45) is 0. The molecule has 0 spiro atoms. The Bertz CT molecular complexity index is 666. The van der Waals surface area contributed by atoms with Crippen LogP contribution in [0.2, 0.25) is 0 Å². The molecule has 0 bridgehead atoms. The molecule has 0 aliphatic heterocycles. The van der Waals surface area contributed by atoms with Crippen LogP contribution in [0.5, 0.6) is 0 Å². The fraction of sp³-hybridized carbons (Fsp3) is 0.250. The van der Waals surface area contributed by atoms with E-state index in [1.807, 2.05) is 13.8 Å². The standard InChI is InChI=1S/C16H16FNO2/c1-9(2)15-13(16(19)20)8-12(10(3)18-15)11-6-4-5-7-14(11)17/h4-9H,1-3H3,(H,19,20). The van der Waals surface area contributed by atoms with Crippen LogP contribution in [0, 0.1) is 12.7 Å². The number of hydrogen-bond acceptors (Lipinski definition) is 2. The summed E-state index contributed by atoms with van der Waals surface area (Å²) < 4.78 is 13.9. The topological polar surface area (TPSA) is 50.2 Å². The number of pyridine rings is 1. The van der Waals surface area contributed by atoms with Gasteiger partial charge in [-0.25, -0.2) is 9.18 Å². The number of aromatic carboxylic acids is 1. The van der Waals surface area contributed by atoms with Gasteiger partial charge >= 0.3 is 5.97 Å². The molecule has 4 heteroatoms. The van der Waals surface area contributed by atoms with Crippen LogP contribution >= 0.6 is 0 Å². The molecule has 1 aromatic carbocycles. The molecule has 0 saturated carbocycles. The Morgan fingerprint density at radius 3 is 2.45 bits per heavy atom. The normalized spacial score (nSPS) is 10.8. The van der Waals surface area contributed by atoms with Crippen LogP contribution in [0.1, 0.15) is 41.5 Å². The lowest BCUT2D eigenvalue weighted by molar-refractivity contribution is 0.0694. The summed E-state index contributed by atoms with van der Waals surface area (Å²) in [6, 6.07) is 7.81. The van der Waals surface area contributed by atoms with E-state index in [4.69, 9.17) is 0 Å².